The quantitative estimate of drug-likeness (QED) is 0.214. The molecule has 0 bridgehead atoms. The molecule has 1 aromatic heterocycles. The summed E-state index contributed by atoms with van der Waals surface area (Å²) in [5.41, 5.74) is 6.89. The summed E-state index contributed by atoms with van der Waals surface area (Å²) in [6.07, 6.45) is -4.51. The normalized spacial score (nSPS) is 11.2. The van der Waals surface area contributed by atoms with E-state index >= 15 is 0 Å². The Bertz CT molecular complexity index is 1520. The predicted molar refractivity (Wildman–Crippen MR) is 125 cm³/mol. The van der Waals surface area contributed by atoms with E-state index in [0.29, 0.717) is 52.3 Å². The molecule has 0 aliphatic rings. The number of aromatic nitrogens is 2. The van der Waals surface area contributed by atoms with E-state index < -0.39 is 23.0 Å². The van der Waals surface area contributed by atoms with E-state index in [-0.39, 0.29) is 17.1 Å². The van der Waals surface area contributed by atoms with Crippen molar-refractivity contribution in [3.63, 3.8) is 0 Å². The topological polar surface area (TPSA) is 182 Å². The molecule has 37 heavy (non-hydrogen) atoms. The molecule has 11 nitrogen and oxygen atoms in total. The number of aliphatic carboxylic acids is 1. The van der Waals surface area contributed by atoms with Crippen LogP contribution in [0.4, 0.5) is 18.9 Å². The molecule has 0 spiro atoms. The van der Waals surface area contributed by atoms with Gasteiger partial charge in [0.2, 0.25) is 0 Å². The number of phenolic OH excluding ortho intramolecular Hbond substituents is 1. The number of fused-ring (bicyclic) bond motifs is 3. The van der Waals surface area contributed by atoms with Gasteiger partial charge in [0, 0.05) is 35.0 Å². The number of aromatic hydroxyl groups is 1. The van der Waals surface area contributed by atoms with Crippen LogP contribution in [0.15, 0.2) is 48.5 Å². The number of phenols is 1. The van der Waals surface area contributed by atoms with Crippen molar-refractivity contribution < 1.29 is 43.0 Å². The average Bonchev–Trinajstić information content (AvgIpc) is 3.21. The van der Waals surface area contributed by atoms with E-state index in [0.717, 1.165) is 0 Å². The van der Waals surface area contributed by atoms with Crippen molar-refractivity contribution in [3.05, 3.63) is 64.3 Å². The Morgan fingerprint density at radius 2 is 1.76 bits per heavy atom. The number of aryl methyl sites for hydroxylation is 1. The number of nitro groups is 1. The van der Waals surface area contributed by atoms with Crippen LogP contribution in [0.1, 0.15) is 16.9 Å². The van der Waals surface area contributed by atoms with Gasteiger partial charge in [-0.25, -0.2) is 9.59 Å². The van der Waals surface area contributed by atoms with Crippen molar-refractivity contribution in [2.45, 2.75) is 19.1 Å². The number of carboxylic acid groups (broad SMARTS) is 2. The number of nitro benzene ring substituents is 1. The standard InChI is InChI=1S/C21H18N4O5.C2HF3O2/c22-7-2-8-24-20(21(27)28)15-6-5-13-10-18(26)16(11-17(13)19(15)23-24)12-3-1-4-14(9-12)25(29)30;3-2(4,5)1(6)7/h1,3-6,9-11,26H,2,7-8,22H2,(H,27,28);(H,6,7). The van der Waals surface area contributed by atoms with Crippen molar-refractivity contribution in [3.8, 4) is 16.9 Å². The number of nitrogens with two attached hydrogens (primary N) is 1. The first-order chi connectivity index (χ1) is 17.3. The SMILES string of the molecule is NCCCn1nc2c(ccc3cc(O)c(-c4cccc([N+](=O)[O-])c4)cc32)c1C(=O)O.O=C(O)C(F)(F)F. The third-order valence-electron chi connectivity index (χ3n) is 5.23. The van der Waals surface area contributed by atoms with E-state index in [1.165, 1.54) is 16.8 Å². The van der Waals surface area contributed by atoms with E-state index in [2.05, 4.69) is 5.10 Å². The molecule has 0 saturated heterocycles. The summed E-state index contributed by atoms with van der Waals surface area (Å²) in [7, 11) is 0. The van der Waals surface area contributed by atoms with Crippen LogP contribution in [0.3, 0.4) is 0 Å². The molecule has 0 atom stereocenters. The van der Waals surface area contributed by atoms with Crippen LogP contribution in [0, 0.1) is 10.1 Å². The Labute approximate surface area is 205 Å². The summed E-state index contributed by atoms with van der Waals surface area (Å²) >= 11 is 0. The lowest BCUT2D eigenvalue weighted by molar-refractivity contribution is -0.384. The van der Waals surface area contributed by atoms with E-state index in [1.54, 1.807) is 36.4 Å². The molecule has 5 N–H and O–H groups in total. The van der Waals surface area contributed by atoms with Gasteiger partial charge in [0.05, 0.1) is 4.92 Å². The van der Waals surface area contributed by atoms with Crippen LogP contribution >= 0.6 is 0 Å². The van der Waals surface area contributed by atoms with Gasteiger partial charge in [0.15, 0.2) is 5.69 Å². The summed E-state index contributed by atoms with van der Waals surface area (Å²) in [5.74, 6) is -3.89. The Kier molecular flexibility index (Phi) is 7.62. The third-order valence-corrected chi connectivity index (χ3v) is 5.23. The van der Waals surface area contributed by atoms with Gasteiger partial charge in [0.25, 0.3) is 5.69 Å². The number of hydrogen-bond acceptors (Lipinski definition) is 7. The van der Waals surface area contributed by atoms with Crippen LogP contribution in [-0.4, -0.2) is 54.7 Å². The highest BCUT2D eigenvalue weighted by atomic mass is 19.4. The fourth-order valence-corrected chi connectivity index (χ4v) is 3.60. The van der Waals surface area contributed by atoms with Gasteiger partial charge in [-0.15, -0.1) is 0 Å². The highest BCUT2D eigenvalue weighted by Crippen LogP contribution is 2.37. The largest absolute Gasteiger partial charge is 0.507 e. The van der Waals surface area contributed by atoms with Crippen molar-refractivity contribution >= 4 is 39.3 Å². The van der Waals surface area contributed by atoms with E-state index in [1.807, 2.05) is 0 Å². The number of benzene rings is 3. The van der Waals surface area contributed by atoms with E-state index in [9.17, 15) is 38.3 Å². The van der Waals surface area contributed by atoms with Gasteiger partial charge in [-0.1, -0.05) is 18.2 Å². The highest BCUT2D eigenvalue weighted by molar-refractivity contribution is 6.13. The summed E-state index contributed by atoms with van der Waals surface area (Å²) in [4.78, 5) is 31.4. The monoisotopic (exact) mass is 520 g/mol. The van der Waals surface area contributed by atoms with Crippen LogP contribution in [0.2, 0.25) is 0 Å². The van der Waals surface area contributed by atoms with Gasteiger partial charge in [-0.05, 0) is 42.1 Å². The van der Waals surface area contributed by atoms with Gasteiger partial charge in [-0.2, -0.15) is 18.3 Å². The third kappa shape index (κ3) is 5.75. The van der Waals surface area contributed by atoms with Crippen molar-refractivity contribution in [1.82, 2.24) is 9.78 Å². The van der Waals surface area contributed by atoms with E-state index in [4.69, 9.17) is 15.6 Å². The molecule has 0 fully saturated rings. The molecule has 0 amide bonds. The minimum atomic E-state index is -5.08. The van der Waals surface area contributed by atoms with Crippen molar-refractivity contribution in [2.24, 2.45) is 5.73 Å². The summed E-state index contributed by atoms with van der Waals surface area (Å²) in [5, 5.41) is 44.7. The van der Waals surface area contributed by atoms with Crippen LogP contribution in [0.25, 0.3) is 32.8 Å². The molecule has 0 unspecified atom stereocenters. The summed E-state index contributed by atoms with van der Waals surface area (Å²) in [6, 6.07) is 12.6. The number of non-ortho nitro benzene ring substituents is 1. The minimum Gasteiger partial charge on any atom is -0.507 e. The number of halogens is 3. The minimum absolute atomic E-state index is 0.0385. The van der Waals surface area contributed by atoms with Gasteiger partial charge in [-0.3, -0.25) is 14.8 Å². The maximum absolute atomic E-state index is 11.8. The molecule has 0 saturated carbocycles. The lowest BCUT2D eigenvalue weighted by Gasteiger charge is -2.08. The first-order valence-electron chi connectivity index (χ1n) is 10.5. The number of alkyl halides is 3. The molecule has 14 heteroatoms. The Morgan fingerprint density at radius 1 is 1.08 bits per heavy atom. The smallest absolute Gasteiger partial charge is 0.490 e. The number of hydrogen-bond donors (Lipinski definition) is 4. The van der Waals surface area contributed by atoms with Crippen LogP contribution < -0.4 is 5.73 Å². The molecule has 4 rings (SSSR count). The maximum Gasteiger partial charge on any atom is 0.490 e. The number of carbonyl (C=O) groups is 2. The Hall–Kier alpha value is -4.72. The second-order valence-corrected chi connectivity index (χ2v) is 7.68. The fourth-order valence-electron chi connectivity index (χ4n) is 3.60. The zero-order valence-corrected chi connectivity index (χ0v) is 18.8. The summed E-state index contributed by atoms with van der Waals surface area (Å²) in [6.45, 7) is 0.769. The maximum atomic E-state index is 11.8. The lowest BCUT2D eigenvalue weighted by Crippen LogP contribution is -2.21. The van der Waals surface area contributed by atoms with Crippen molar-refractivity contribution in [1.29, 1.82) is 0 Å². The molecule has 194 valence electrons. The Balaban J connectivity index is 0.000000479. The number of nitrogens with zero attached hydrogens (tertiary/aromatic N) is 3. The molecule has 1 heterocycles. The van der Waals surface area contributed by atoms with Gasteiger partial charge in [0.1, 0.15) is 11.3 Å². The number of carboxylic acids is 2. The number of rotatable bonds is 6. The zero-order chi connectivity index (χ0) is 27.5. The van der Waals surface area contributed by atoms with Gasteiger partial charge >= 0.3 is 18.1 Å². The lowest BCUT2D eigenvalue weighted by atomic mass is 9.98. The second kappa shape index (κ2) is 10.5. The highest BCUT2D eigenvalue weighted by Gasteiger charge is 2.38. The molecule has 0 aliphatic carbocycles. The molecule has 0 radical (unpaired) electrons. The average molecular weight is 520 g/mol. The summed E-state index contributed by atoms with van der Waals surface area (Å²) < 4.78 is 33.2. The molecular formula is C23H19F3N4O7. The predicted octanol–water partition coefficient (Wildman–Crippen LogP) is 4.15. The molecule has 3 aromatic carbocycles. The first kappa shape index (κ1) is 26.9. The van der Waals surface area contributed by atoms with Gasteiger partial charge < -0.3 is 21.1 Å². The number of aromatic carboxylic acids is 1. The molecule has 0 aliphatic heterocycles. The molecular weight excluding hydrogens is 501 g/mol. The molecule has 4 aromatic rings. The Morgan fingerprint density at radius 3 is 2.32 bits per heavy atom. The van der Waals surface area contributed by atoms with Crippen molar-refractivity contribution in [2.75, 3.05) is 6.54 Å². The first-order valence-corrected chi connectivity index (χ1v) is 10.5. The van der Waals surface area contributed by atoms with Crippen LogP contribution in [-0.2, 0) is 11.3 Å². The van der Waals surface area contributed by atoms with Crippen LogP contribution in [0.5, 0.6) is 5.75 Å². The second-order valence-electron chi connectivity index (χ2n) is 7.68. The zero-order valence-electron chi connectivity index (χ0n) is 18.8. The fraction of sp³-hybridized carbons (Fsp3) is 0.174.